The van der Waals surface area contributed by atoms with Crippen LogP contribution in [-0.2, 0) is 0 Å². The van der Waals surface area contributed by atoms with Gasteiger partial charge in [0.1, 0.15) is 13.1 Å². The Labute approximate surface area is 77.1 Å². The Morgan fingerprint density at radius 3 is 1.75 bits per heavy atom. The van der Waals surface area contributed by atoms with Crippen LogP contribution >= 0.6 is 0 Å². The molecule has 0 aromatic carbocycles. The Hall–Kier alpha value is -0.0800. The van der Waals surface area contributed by atoms with Crippen LogP contribution in [0.15, 0.2) is 0 Å². The zero-order chi connectivity index (χ0) is 9.23. The van der Waals surface area contributed by atoms with Gasteiger partial charge in [-0.2, -0.15) is 0 Å². The fourth-order valence-corrected chi connectivity index (χ4v) is 1.48. The third-order valence-electron chi connectivity index (χ3n) is 2.30. The predicted molar refractivity (Wildman–Crippen MR) is 53.1 cm³/mol. The fraction of sp³-hybridized carbons (Fsp3) is 1.00. The summed E-state index contributed by atoms with van der Waals surface area (Å²) in [5, 5.41) is 0. The molecule has 4 N–H and O–H groups in total. The van der Waals surface area contributed by atoms with Gasteiger partial charge >= 0.3 is 0 Å². The monoisotopic (exact) mass is 174 g/mol. The van der Waals surface area contributed by atoms with Crippen molar-refractivity contribution in [3.8, 4) is 0 Å². The molecule has 2 heteroatoms. The van der Waals surface area contributed by atoms with Gasteiger partial charge in [-0.05, 0) is 12.8 Å². The first-order chi connectivity index (χ1) is 5.85. The van der Waals surface area contributed by atoms with Gasteiger partial charge in [0.15, 0.2) is 0 Å². The molecule has 0 bridgehead atoms. The molecule has 0 aromatic rings. The molecule has 0 aliphatic carbocycles. The van der Waals surface area contributed by atoms with E-state index in [1.54, 1.807) is 4.90 Å². The molecule has 0 saturated carbocycles. The van der Waals surface area contributed by atoms with E-state index in [2.05, 4.69) is 19.6 Å². The molecule has 0 radical (unpaired) electrons. The molecule has 0 unspecified atom stereocenters. The van der Waals surface area contributed by atoms with Crippen LogP contribution in [-0.4, -0.2) is 26.2 Å². The van der Waals surface area contributed by atoms with E-state index in [0.29, 0.717) is 0 Å². The molecule has 0 fully saturated rings. The Morgan fingerprint density at radius 2 is 1.42 bits per heavy atom. The molecule has 0 aliphatic heterocycles. The summed E-state index contributed by atoms with van der Waals surface area (Å²) >= 11 is 0. The summed E-state index contributed by atoms with van der Waals surface area (Å²) in [5.41, 5.74) is 3.92. The van der Waals surface area contributed by atoms with Gasteiger partial charge in [0.25, 0.3) is 0 Å². The fourth-order valence-electron chi connectivity index (χ4n) is 1.48. The van der Waals surface area contributed by atoms with Crippen molar-refractivity contribution in [3.63, 3.8) is 0 Å². The van der Waals surface area contributed by atoms with Gasteiger partial charge in [-0.25, -0.2) is 0 Å². The molecule has 0 heterocycles. The van der Waals surface area contributed by atoms with Crippen molar-refractivity contribution in [2.45, 2.75) is 39.5 Å². The first-order valence-corrected chi connectivity index (χ1v) is 5.47. The molecule has 2 nitrogen and oxygen atoms in total. The number of quaternary nitrogens is 2. The SMILES string of the molecule is CCCC[NH+](CC[NH3+])CCCC. The van der Waals surface area contributed by atoms with E-state index in [1.807, 2.05) is 0 Å². The molecule has 0 atom stereocenters. The minimum Gasteiger partial charge on any atom is -0.353 e. The third-order valence-corrected chi connectivity index (χ3v) is 2.30. The second-order valence-electron chi connectivity index (χ2n) is 3.56. The maximum absolute atomic E-state index is 3.92. The standard InChI is InChI=1S/C10H24N2/c1-3-5-8-12(10-7-11)9-6-4-2/h3-11H2,1-2H3/p+2. The first kappa shape index (κ1) is 11.9. The van der Waals surface area contributed by atoms with E-state index in [4.69, 9.17) is 0 Å². The van der Waals surface area contributed by atoms with Gasteiger partial charge < -0.3 is 10.6 Å². The number of rotatable bonds is 8. The highest BCUT2D eigenvalue weighted by atomic mass is 15.1. The lowest BCUT2D eigenvalue weighted by Crippen LogP contribution is -3.13. The highest BCUT2D eigenvalue weighted by Crippen LogP contribution is 1.82. The van der Waals surface area contributed by atoms with Crippen LogP contribution in [0.2, 0.25) is 0 Å². The summed E-state index contributed by atoms with van der Waals surface area (Å²) < 4.78 is 0. The van der Waals surface area contributed by atoms with Gasteiger partial charge in [-0.15, -0.1) is 0 Å². The van der Waals surface area contributed by atoms with Crippen molar-refractivity contribution in [2.75, 3.05) is 26.2 Å². The second-order valence-corrected chi connectivity index (χ2v) is 3.56. The minimum atomic E-state index is 1.09. The van der Waals surface area contributed by atoms with Crippen molar-refractivity contribution in [3.05, 3.63) is 0 Å². The number of hydrogen-bond acceptors (Lipinski definition) is 0. The lowest BCUT2D eigenvalue weighted by molar-refractivity contribution is -0.905. The smallest absolute Gasteiger partial charge is 0.127 e. The van der Waals surface area contributed by atoms with Gasteiger partial charge in [0.05, 0.1) is 13.1 Å². The lowest BCUT2D eigenvalue weighted by Gasteiger charge is -2.16. The maximum Gasteiger partial charge on any atom is 0.127 e. The summed E-state index contributed by atoms with van der Waals surface area (Å²) in [6.45, 7) is 9.59. The van der Waals surface area contributed by atoms with Crippen molar-refractivity contribution in [1.82, 2.24) is 0 Å². The van der Waals surface area contributed by atoms with Gasteiger partial charge in [-0.3, -0.25) is 0 Å². The van der Waals surface area contributed by atoms with E-state index in [-0.39, 0.29) is 0 Å². The highest BCUT2D eigenvalue weighted by molar-refractivity contribution is 4.34. The van der Waals surface area contributed by atoms with Crippen LogP contribution in [0.4, 0.5) is 0 Å². The average molecular weight is 174 g/mol. The molecule has 0 aromatic heterocycles. The molecule has 0 amide bonds. The van der Waals surface area contributed by atoms with Crippen LogP contribution in [0.5, 0.6) is 0 Å². The van der Waals surface area contributed by atoms with Crippen molar-refractivity contribution in [1.29, 1.82) is 0 Å². The second kappa shape index (κ2) is 9.01. The Morgan fingerprint density at radius 1 is 0.917 bits per heavy atom. The van der Waals surface area contributed by atoms with Crippen molar-refractivity contribution < 1.29 is 10.6 Å². The zero-order valence-electron chi connectivity index (χ0n) is 8.86. The Balaban J connectivity index is 3.40. The van der Waals surface area contributed by atoms with E-state index in [9.17, 15) is 0 Å². The number of nitrogens with one attached hydrogen (secondary N) is 1. The van der Waals surface area contributed by atoms with Crippen LogP contribution in [0, 0.1) is 0 Å². The molecular formula is C10H26N2+2. The normalized spacial score (nSPS) is 11.0. The van der Waals surface area contributed by atoms with E-state index < -0.39 is 0 Å². The van der Waals surface area contributed by atoms with Gasteiger partial charge in [0.2, 0.25) is 0 Å². The molecule has 0 rings (SSSR count). The predicted octanol–water partition coefficient (Wildman–Crippen LogP) is -0.287. The molecular weight excluding hydrogens is 148 g/mol. The summed E-state index contributed by atoms with van der Waals surface area (Å²) in [4.78, 5) is 1.76. The largest absolute Gasteiger partial charge is 0.353 e. The lowest BCUT2D eigenvalue weighted by atomic mass is 10.2. The summed E-state index contributed by atoms with van der Waals surface area (Å²) in [5.74, 6) is 0. The number of unbranched alkanes of at least 4 members (excludes halogenated alkanes) is 2. The Bertz CT molecular complexity index is 75.9. The zero-order valence-corrected chi connectivity index (χ0v) is 8.86. The van der Waals surface area contributed by atoms with Crippen LogP contribution in [0.25, 0.3) is 0 Å². The molecule has 0 spiro atoms. The topological polar surface area (TPSA) is 32.1 Å². The summed E-state index contributed by atoms with van der Waals surface area (Å²) in [6.07, 6.45) is 5.40. The molecule has 12 heavy (non-hydrogen) atoms. The van der Waals surface area contributed by atoms with Crippen LogP contribution in [0.1, 0.15) is 39.5 Å². The maximum atomic E-state index is 3.92. The third kappa shape index (κ3) is 6.62. The summed E-state index contributed by atoms with van der Waals surface area (Å²) in [6, 6.07) is 0. The first-order valence-electron chi connectivity index (χ1n) is 5.47. The van der Waals surface area contributed by atoms with Gasteiger partial charge in [-0.1, -0.05) is 26.7 Å². The highest BCUT2D eigenvalue weighted by Gasteiger charge is 2.05. The van der Waals surface area contributed by atoms with Crippen LogP contribution in [0.3, 0.4) is 0 Å². The quantitative estimate of drug-likeness (QED) is 0.507. The van der Waals surface area contributed by atoms with Crippen molar-refractivity contribution in [2.24, 2.45) is 0 Å². The average Bonchev–Trinajstić information content (AvgIpc) is 2.10. The van der Waals surface area contributed by atoms with E-state index >= 15 is 0 Å². The molecule has 74 valence electrons. The molecule has 0 saturated heterocycles. The van der Waals surface area contributed by atoms with E-state index in [1.165, 1.54) is 45.3 Å². The van der Waals surface area contributed by atoms with Crippen LogP contribution < -0.4 is 10.6 Å². The Kier molecular flexibility index (Phi) is 8.95. The minimum absolute atomic E-state index is 1.09. The van der Waals surface area contributed by atoms with Gasteiger partial charge in [0, 0.05) is 0 Å². The van der Waals surface area contributed by atoms with Crippen molar-refractivity contribution >= 4 is 0 Å². The summed E-state index contributed by atoms with van der Waals surface area (Å²) in [7, 11) is 0. The molecule has 0 aliphatic rings. The van der Waals surface area contributed by atoms with E-state index in [0.717, 1.165) is 6.54 Å². The number of hydrogen-bond donors (Lipinski definition) is 2.